The van der Waals surface area contributed by atoms with E-state index in [-0.39, 0.29) is 0 Å². The Kier molecular flexibility index (Phi) is 9.84. The molecule has 0 aliphatic rings. The van der Waals surface area contributed by atoms with Gasteiger partial charge in [-0.15, -0.1) is 0 Å². The molecule has 0 aliphatic heterocycles. The SMILES string of the molecule is COC/C=C(/C)CC/C=C(/C)CCC=C(C)C. The highest BCUT2D eigenvalue weighted by atomic mass is 16.5. The Hall–Kier alpha value is -0.820. The van der Waals surface area contributed by atoms with Crippen molar-refractivity contribution in [3.05, 3.63) is 34.9 Å². The predicted molar refractivity (Wildman–Crippen MR) is 77.3 cm³/mol. The maximum atomic E-state index is 5.02. The summed E-state index contributed by atoms with van der Waals surface area (Å²) in [6, 6.07) is 0. The molecule has 0 spiro atoms. The third-order valence-corrected chi connectivity index (χ3v) is 2.72. The zero-order valence-corrected chi connectivity index (χ0v) is 12.2. The van der Waals surface area contributed by atoms with E-state index in [1.165, 1.54) is 29.6 Å². The number of methoxy groups -OCH3 is 1. The van der Waals surface area contributed by atoms with Gasteiger partial charge in [-0.3, -0.25) is 0 Å². The molecule has 0 saturated carbocycles. The zero-order valence-electron chi connectivity index (χ0n) is 12.2. The Balaban J connectivity index is 3.80. The molecule has 0 radical (unpaired) electrons. The summed E-state index contributed by atoms with van der Waals surface area (Å²) < 4.78 is 5.02. The maximum Gasteiger partial charge on any atom is 0.0646 e. The fourth-order valence-electron chi connectivity index (χ4n) is 1.56. The number of hydrogen-bond donors (Lipinski definition) is 0. The van der Waals surface area contributed by atoms with E-state index in [4.69, 9.17) is 4.74 Å². The molecule has 0 atom stereocenters. The smallest absolute Gasteiger partial charge is 0.0646 e. The molecule has 0 bridgehead atoms. The highest BCUT2D eigenvalue weighted by Gasteiger charge is 1.91. The van der Waals surface area contributed by atoms with Crippen LogP contribution in [0, 0.1) is 0 Å². The van der Waals surface area contributed by atoms with Crippen molar-refractivity contribution >= 4 is 0 Å². The Morgan fingerprint density at radius 1 is 0.824 bits per heavy atom. The van der Waals surface area contributed by atoms with Gasteiger partial charge in [0.2, 0.25) is 0 Å². The monoisotopic (exact) mass is 236 g/mol. The quantitative estimate of drug-likeness (QED) is 0.536. The van der Waals surface area contributed by atoms with Crippen LogP contribution in [0.5, 0.6) is 0 Å². The topological polar surface area (TPSA) is 9.23 Å². The fraction of sp³-hybridized carbons (Fsp3) is 0.625. The highest BCUT2D eigenvalue weighted by molar-refractivity contribution is 5.05. The molecule has 1 nitrogen and oxygen atoms in total. The fourth-order valence-corrected chi connectivity index (χ4v) is 1.56. The number of ether oxygens (including phenoxy) is 1. The van der Waals surface area contributed by atoms with E-state index in [9.17, 15) is 0 Å². The van der Waals surface area contributed by atoms with Gasteiger partial charge in [-0.05, 0) is 53.4 Å². The Morgan fingerprint density at radius 2 is 1.35 bits per heavy atom. The lowest BCUT2D eigenvalue weighted by atomic mass is 10.1. The summed E-state index contributed by atoms with van der Waals surface area (Å²) in [5.41, 5.74) is 4.33. The molecule has 98 valence electrons. The van der Waals surface area contributed by atoms with Gasteiger partial charge in [-0.1, -0.05) is 34.9 Å². The van der Waals surface area contributed by atoms with Crippen molar-refractivity contribution < 1.29 is 4.74 Å². The predicted octanol–water partition coefficient (Wildman–Crippen LogP) is 5.05. The number of rotatable bonds is 8. The minimum Gasteiger partial charge on any atom is -0.381 e. The van der Waals surface area contributed by atoms with Gasteiger partial charge < -0.3 is 4.74 Å². The minimum atomic E-state index is 0.731. The first-order valence-corrected chi connectivity index (χ1v) is 6.49. The van der Waals surface area contributed by atoms with Gasteiger partial charge in [-0.25, -0.2) is 0 Å². The van der Waals surface area contributed by atoms with Crippen LogP contribution >= 0.6 is 0 Å². The molecule has 1 heteroatoms. The van der Waals surface area contributed by atoms with Crippen LogP contribution in [0.3, 0.4) is 0 Å². The molecule has 0 aromatic heterocycles. The van der Waals surface area contributed by atoms with Crippen molar-refractivity contribution in [3.63, 3.8) is 0 Å². The maximum absolute atomic E-state index is 5.02. The van der Waals surface area contributed by atoms with Crippen LogP contribution in [-0.4, -0.2) is 13.7 Å². The summed E-state index contributed by atoms with van der Waals surface area (Å²) in [6.45, 7) is 9.44. The molecule has 17 heavy (non-hydrogen) atoms. The molecular weight excluding hydrogens is 208 g/mol. The summed E-state index contributed by atoms with van der Waals surface area (Å²) in [4.78, 5) is 0. The average Bonchev–Trinajstić information content (AvgIpc) is 2.25. The van der Waals surface area contributed by atoms with Crippen LogP contribution < -0.4 is 0 Å². The van der Waals surface area contributed by atoms with Gasteiger partial charge in [0.1, 0.15) is 0 Å². The summed E-state index contributed by atoms with van der Waals surface area (Å²) in [7, 11) is 1.73. The summed E-state index contributed by atoms with van der Waals surface area (Å²) >= 11 is 0. The second-order valence-electron chi connectivity index (χ2n) is 4.92. The number of allylic oxidation sites excluding steroid dienone is 5. The van der Waals surface area contributed by atoms with Gasteiger partial charge in [-0.2, -0.15) is 0 Å². The van der Waals surface area contributed by atoms with Crippen molar-refractivity contribution in [2.45, 2.75) is 53.4 Å². The van der Waals surface area contributed by atoms with E-state index in [1.54, 1.807) is 7.11 Å². The van der Waals surface area contributed by atoms with E-state index in [0.29, 0.717) is 0 Å². The van der Waals surface area contributed by atoms with Gasteiger partial charge in [0, 0.05) is 7.11 Å². The van der Waals surface area contributed by atoms with Gasteiger partial charge in [0.15, 0.2) is 0 Å². The molecule has 0 saturated heterocycles. The average molecular weight is 236 g/mol. The van der Waals surface area contributed by atoms with E-state index in [2.05, 4.69) is 45.9 Å². The van der Waals surface area contributed by atoms with Crippen LogP contribution in [-0.2, 0) is 4.74 Å². The molecule has 0 amide bonds. The summed E-state index contributed by atoms with van der Waals surface area (Å²) in [6.07, 6.45) is 11.5. The lowest BCUT2D eigenvalue weighted by molar-refractivity contribution is 0.233. The Bertz CT molecular complexity index is 278. The van der Waals surface area contributed by atoms with Crippen LogP contribution in [0.4, 0.5) is 0 Å². The second kappa shape index (κ2) is 10.3. The molecular formula is C16H28O. The molecule has 0 aromatic rings. The molecule has 0 unspecified atom stereocenters. The van der Waals surface area contributed by atoms with Gasteiger partial charge >= 0.3 is 0 Å². The third-order valence-electron chi connectivity index (χ3n) is 2.72. The van der Waals surface area contributed by atoms with Crippen LogP contribution in [0.1, 0.15) is 53.4 Å². The standard InChI is InChI=1S/C16H28O/c1-14(2)8-6-9-15(3)10-7-11-16(4)12-13-17-5/h8,10,12H,6-7,9,11,13H2,1-5H3/b15-10-,16-12-. The first-order valence-electron chi connectivity index (χ1n) is 6.49. The second-order valence-corrected chi connectivity index (χ2v) is 4.92. The largest absolute Gasteiger partial charge is 0.381 e. The summed E-state index contributed by atoms with van der Waals surface area (Å²) in [5, 5.41) is 0. The first kappa shape index (κ1) is 16.2. The van der Waals surface area contributed by atoms with Crippen molar-refractivity contribution in [1.29, 1.82) is 0 Å². The van der Waals surface area contributed by atoms with Crippen molar-refractivity contribution in [3.8, 4) is 0 Å². The van der Waals surface area contributed by atoms with Crippen LogP contribution in [0.25, 0.3) is 0 Å². The number of hydrogen-bond acceptors (Lipinski definition) is 1. The Labute approximate surface area is 107 Å². The Morgan fingerprint density at radius 3 is 1.88 bits per heavy atom. The van der Waals surface area contributed by atoms with E-state index in [1.807, 2.05) is 0 Å². The molecule has 0 aromatic carbocycles. The highest BCUT2D eigenvalue weighted by Crippen LogP contribution is 2.11. The molecule has 0 heterocycles. The molecule has 0 fully saturated rings. The van der Waals surface area contributed by atoms with Crippen LogP contribution in [0.2, 0.25) is 0 Å². The van der Waals surface area contributed by atoms with Crippen LogP contribution in [0.15, 0.2) is 34.9 Å². The third kappa shape index (κ3) is 11.4. The first-order chi connectivity index (χ1) is 8.06. The van der Waals surface area contributed by atoms with Crippen molar-refractivity contribution in [1.82, 2.24) is 0 Å². The molecule has 0 N–H and O–H groups in total. The lowest BCUT2D eigenvalue weighted by Crippen LogP contribution is -1.85. The van der Waals surface area contributed by atoms with Crippen molar-refractivity contribution in [2.24, 2.45) is 0 Å². The molecule has 0 aliphatic carbocycles. The van der Waals surface area contributed by atoms with Gasteiger partial charge in [0.05, 0.1) is 6.61 Å². The van der Waals surface area contributed by atoms with E-state index in [0.717, 1.165) is 19.4 Å². The van der Waals surface area contributed by atoms with Gasteiger partial charge in [0.25, 0.3) is 0 Å². The normalized spacial score (nSPS) is 12.8. The summed E-state index contributed by atoms with van der Waals surface area (Å²) in [5.74, 6) is 0. The van der Waals surface area contributed by atoms with E-state index < -0.39 is 0 Å². The molecule has 0 rings (SSSR count). The zero-order chi connectivity index (χ0) is 13.1. The lowest BCUT2D eigenvalue weighted by Gasteiger charge is -2.01. The minimum absolute atomic E-state index is 0.731. The van der Waals surface area contributed by atoms with Crippen molar-refractivity contribution in [2.75, 3.05) is 13.7 Å². The van der Waals surface area contributed by atoms with E-state index >= 15 is 0 Å².